The standard InChI is InChI=1S/C13H17N5O4.2ClH/c1-17-10-8(12(20)18(2)13(17)21)4-7(5-15-10)16-11(19)9(14)6-22-3;;/h4-5,9H,6,14H2,1-3H3,(H,16,19);2*1H. The lowest BCUT2D eigenvalue weighted by atomic mass is 10.2. The lowest BCUT2D eigenvalue weighted by Gasteiger charge is -2.12. The highest BCUT2D eigenvalue weighted by atomic mass is 35.5. The fraction of sp³-hybridized carbons (Fsp3) is 0.385. The number of nitrogens with zero attached hydrogens (tertiary/aromatic N) is 3. The number of pyridine rings is 1. The molecule has 1 atom stereocenters. The van der Waals surface area contributed by atoms with Gasteiger partial charge in [-0.1, -0.05) is 0 Å². The van der Waals surface area contributed by atoms with Crippen LogP contribution in [-0.2, 0) is 23.6 Å². The predicted octanol–water partition coefficient (Wildman–Crippen LogP) is -0.612. The largest absolute Gasteiger partial charge is 0.383 e. The first-order valence-electron chi connectivity index (χ1n) is 6.48. The van der Waals surface area contributed by atoms with Gasteiger partial charge in [-0.05, 0) is 6.07 Å². The molecule has 0 aliphatic rings. The number of methoxy groups -OCH3 is 1. The van der Waals surface area contributed by atoms with Gasteiger partial charge in [0.25, 0.3) is 5.56 Å². The second-order valence-corrected chi connectivity index (χ2v) is 4.85. The van der Waals surface area contributed by atoms with Crippen LogP contribution in [0.25, 0.3) is 11.0 Å². The molecule has 0 spiro atoms. The zero-order valence-corrected chi connectivity index (χ0v) is 14.9. The summed E-state index contributed by atoms with van der Waals surface area (Å²) in [4.78, 5) is 39.8. The Morgan fingerprint density at radius 1 is 1.33 bits per heavy atom. The van der Waals surface area contributed by atoms with Crippen LogP contribution in [0.15, 0.2) is 21.9 Å². The number of ether oxygens (including phenoxy) is 1. The third-order valence-corrected chi connectivity index (χ3v) is 3.24. The first-order valence-corrected chi connectivity index (χ1v) is 6.48. The van der Waals surface area contributed by atoms with E-state index in [1.807, 2.05) is 0 Å². The summed E-state index contributed by atoms with van der Waals surface area (Å²) in [5.74, 6) is -0.454. The van der Waals surface area contributed by atoms with Crippen molar-refractivity contribution in [2.75, 3.05) is 19.0 Å². The van der Waals surface area contributed by atoms with Gasteiger partial charge in [-0.15, -0.1) is 24.8 Å². The van der Waals surface area contributed by atoms with Crippen molar-refractivity contribution < 1.29 is 9.53 Å². The number of fused-ring (bicyclic) bond motifs is 1. The lowest BCUT2D eigenvalue weighted by molar-refractivity contribution is -0.118. The van der Waals surface area contributed by atoms with Crippen LogP contribution in [0.4, 0.5) is 5.69 Å². The summed E-state index contributed by atoms with van der Waals surface area (Å²) in [6.45, 7) is 0.0725. The molecule has 0 aromatic carbocycles. The van der Waals surface area contributed by atoms with Crippen molar-refractivity contribution in [3.05, 3.63) is 33.1 Å². The number of hydrogen-bond donors (Lipinski definition) is 2. The highest BCUT2D eigenvalue weighted by molar-refractivity contribution is 5.96. The Bertz CT molecular complexity index is 849. The average molecular weight is 380 g/mol. The van der Waals surface area contributed by atoms with E-state index in [4.69, 9.17) is 10.5 Å². The molecule has 134 valence electrons. The summed E-state index contributed by atoms with van der Waals surface area (Å²) in [6.07, 6.45) is 1.36. The van der Waals surface area contributed by atoms with Crippen molar-refractivity contribution in [3.63, 3.8) is 0 Å². The maximum atomic E-state index is 12.1. The maximum Gasteiger partial charge on any atom is 0.332 e. The van der Waals surface area contributed by atoms with Gasteiger partial charge in [-0.3, -0.25) is 18.7 Å². The number of halogens is 2. The van der Waals surface area contributed by atoms with E-state index >= 15 is 0 Å². The van der Waals surface area contributed by atoms with E-state index in [0.717, 1.165) is 4.57 Å². The third-order valence-electron chi connectivity index (χ3n) is 3.24. The van der Waals surface area contributed by atoms with E-state index in [1.54, 1.807) is 0 Å². The second-order valence-electron chi connectivity index (χ2n) is 4.85. The fourth-order valence-electron chi connectivity index (χ4n) is 2.02. The van der Waals surface area contributed by atoms with Gasteiger partial charge in [-0.2, -0.15) is 0 Å². The minimum Gasteiger partial charge on any atom is -0.383 e. The molecular formula is C13H19Cl2N5O4. The molecule has 11 heteroatoms. The number of nitrogens with one attached hydrogen (secondary N) is 1. The minimum atomic E-state index is -0.830. The predicted molar refractivity (Wildman–Crippen MR) is 95.2 cm³/mol. The summed E-state index contributed by atoms with van der Waals surface area (Å²) < 4.78 is 7.04. The van der Waals surface area contributed by atoms with Crippen LogP contribution in [0.1, 0.15) is 0 Å². The van der Waals surface area contributed by atoms with Gasteiger partial charge in [0.05, 0.1) is 23.9 Å². The van der Waals surface area contributed by atoms with Gasteiger partial charge < -0.3 is 15.8 Å². The number of aromatic nitrogens is 3. The number of amides is 1. The molecule has 0 bridgehead atoms. The van der Waals surface area contributed by atoms with Gasteiger partial charge >= 0.3 is 5.69 Å². The molecule has 1 amide bonds. The Morgan fingerprint density at radius 2 is 1.96 bits per heavy atom. The quantitative estimate of drug-likeness (QED) is 0.730. The minimum absolute atomic E-state index is 0. The van der Waals surface area contributed by atoms with E-state index in [2.05, 4.69) is 10.3 Å². The Hall–Kier alpha value is -1.94. The lowest BCUT2D eigenvalue weighted by Crippen LogP contribution is -2.39. The normalized spacial score (nSPS) is 11.3. The van der Waals surface area contributed by atoms with Crippen molar-refractivity contribution in [1.29, 1.82) is 0 Å². The molecule has 1 unspecified atom stereocenters. The van der Waals surface area contributed by atoms with Crippen molar-refractivity contribution in [1.82, 2.24) is 14.1 Å². The molecule has 0 aliphatic heterocycles. The van der Waals surface area contributed by atoms with E-state index in [9.17, 15) is 14.4 Å². The Kier molecular flexibility index (Phi) is 8.07. The molecule has 2 aromatic heterocycles. The van der Waals surface area contributed by atoms with Crippen LogP contribution >= 0.6 is 24.8 Å². The molecule has 0 radical (unpaired) electrons. The zero-order valence-electron chi connectivity index (χ0n) is 13.3. The number of carbonyl (C=O) groups excluding carboxylic acids is 1. The van der Waals surface area contributed by atoms with Crippen molar-refractivity contribution >= 4 is 47.4 Å². The number of carbonyl (C=O) groups is 1. The maximum absolute atomic E-state index is 12.1. The van der Waals surface area contributed by atoms with E-state index in [-0.39, 0.29) is 42.5 Å². The van der Waals surface area contributed by atoms with Gasteiger partial charge in [-0.25, -0.2) is 9.78 Å². The number of hydrogen-bond acceptors (Lipinski definition) is 6. The molecule has 2 heterocycles. The molecular weight excluding hydrogens is 361 g/mol. The van der Waals surface area contributed by atoms with Gasteiger partial charge in [0.1, 0.15) is 11.7 Å². The third kappa shape index (κ3) is 4.12. The van der Waals surface area contributed by atoms with Crippen LogP contribution in [0.2, 0.25) is 0 Å². The number of aryl methyl sites for hydroxylation is 1. The summed E-state index contributed by atoms with van der Waals surface area (Å²) >= 11 is 0. The second kappa shape index (κ2) is 8.78. The van der Waals surface area contributed by atoms with E-state index < -0.39 is 23.2 Å². The first-order chi connectivity index (χ1) is 10.4. The highest BCUT2D eigenvalue weighted by Crippen LogP contribution is 2.12. The van der Waals surface area contributed by atoms with E-state index in [1.165, 1.54) is 38.0 Å². The van der Waals surface area contributed by atoms with Crippen molar-refractivity contribution in [2.45, 2.75) is 6.04 Å². The summed E-state index contributed by atoms with van der Waals surface area (Å²) in [5, 5.41) is 2.78. The molecule has 0 saturated heterocycles. The van der Waals surface area contributed by atoms with Crippen molar-refractivity contribution in [2.24, 2.45) is 19.8 Å². The molecule has 2 aromatic rings. The van der Waals surface area contributed by atoms with Crippen molar-refractivity contribution in [3.8, 4) is 0 Å². The van der Waals surface area contributed by atoms with Crippen LogP contribution < -0.4 is 22.3 Å². The number of rotatable bonds is 4. The molecule has 3 N–H and O–H groups in total. The monoisotopic (exact) mass is 379 g/mol. The van der Waals surface area contributed by atoms with Gasteiger partial charge in [0.15, 0.2) is 0 Å². The first kappa shape index (κ1) is 22.1. The van der Waals surface area contributed by atoms with Crippen LogP contribution in [-0.4, -0.2) is 39.8 Å². The fourth-order valence-corrected chi connectivity index (χ4v) is 2.02. The average Bonchev–Trinajstić information content (AvgIpc) is 2.51. The Balaban J connectivity index is 0.00000264. The molecule has 0 fully saturated rings. The molecule has 2 rings (SSSR count). The zero-order chi connectivity index (χ0) is 16.4. The van der Waals surface area contributed by atoms with Crippen LogP contribution in [0, 0.1) is 0 Å². The smallest absolute Gasteiger partial charge is 0.332 e. The van der Waals surface area contributed by atoms with Crippen LogP contribution in [0.5, 0.6) is 0 Å². The number of anilines is 1. The van der Waals surface area contributed by atoms with E-state index in [0.29, 0.717) is 5.69 Å². The highest BCUT2D eigenvalue weighted by Gasteiger charge is 2.15. The molecule has 9 nitrogen and oxygen atoms in total. The SMILES string of the molecule is COCC(N)C(=O)Nc1cnc2c(c1)c(=O)n(C)c(=O)n2C.Cl.Cl. The molecule has 0 saturated carbocycles. The molecule has 0 aliphatic carbocycles. The van der Waals surface area contributed by atoms with Crippen LogP contribution in [0.3, 0.4) is 0 Å². The summed E-state index contributed by atoms with van der Waals surface area (Å²) in [6, 6.07) is 0.630. The topological polar surface area (TPSA) is 121 Å². The van der Waals surface area contributed by atoms with Gasteiger partial charge in [0, 0.05) is 21.2 Å². The molecule has 24 heavy (non-hydrogen) atoms. The number of nitrogens with two attached hydrogens (primary N) is 1. The van der Waals surface area contributed by atoms with Gasteiger partial charge in [0.2, 0.25) is 5.91 Å². The summed E-state index contributed by atoms with van der Waals surface area (Å²) in [5.41, 5.74) is 5.23. The Labute approximate surface area is 149 Å². The summed E-state index contributed by atoms with van der Waals surface area (Å²) in [7, 11) is 4.34. The Morgan fingerprint density at radius 3 is 2.54 bits per heavy atom.